The van der Waals surface area contributed by atoms with Crippen LogP contribution in [0.2, 0.25) is 0 Å². The van der Waals surface area contributed by atoms with E-state index >= 15 is 0 Å². The molecule has 150 valence electrons. The van der Waals surface area contributed by atoms with Crippen molar-refractivity contribution in [2.45, 2.75) is 19.3 Å². The number of amides is 1. The van der Waals surface area contributed by atoms with Crippen molar-refractivity contribution in [3.05, 3.63) is 71.6 Å². The minimum Gasteiger partial charge on any atom is -0.408 e. The number of anilines is 1. The summed E-state index contributed by atoms with van der Waals surface area (Å²) in [6.45, 7) is 4.12. The van der Waals surface area contributed by atoms with Crippen molar-refractivity contribution in [1.29, 1.82) is 0 Å². The predicted octanol–water partition coefficient (Wildman–Crippen LogP) is 2.59. The van der Waals surface area contributed by atoms with Crippen LogP contribution >= 0.6 is 0 Å². The van der Waals surface area contributed by atoms with E-state index in [1.165, 1.54) is 12.1 Å². The van der Waals surface area contributed by atoms with E-state index < -0.39 is 5.92 Å². The molecule has 1 atom stereocenters. The Hall–Kier alpha value is -3.29. The standard InChI is InChI=1S/C21H22FN5O2/c1-15-24-25-21(29-15)27-11-9-26(10-12-27)20(28)19(13-16-3-2-8-23-14-16)17-4-6-18(22)7-5-17/h2-8,14,19H,9-13H2,1H3. The highest BCUT2D eigenvalue weighted by molar-refractivity contribution is 5.84. The number of carbonyl (C=O) groups is 1. The number of aryl methyl sites for hydroxylation is 1. The molecule has 3 heterocycles. The molecular weight excluding hydrogens is 373 g/mol. The number of hydrogen-bond acceptors (Lipinski definition) is 6. The SMILES string of the molecule is Cc1nnc(N2CCN(C(=O)C(Cc3cccnc3)c3ccc(F)cc3)CC2)o1. The summed E-state index contributed by atoms with van der Waals surface area (Å²) in [5, 5.41) is 7.91. The van der Waals surface area contributed by atoms with Crippen molar-refractivity contribution >= 4 is 11.9 Å². The highest BCUT2D eigenvalue weighted by atomic mass is 19.1. The minimum atomic E-state index is -0.392. The van der Waals surface area contributed by atoms with Crippen molar-refractivity contribution in [3.8, 4) is 0 Å². The van der Waals surface area contributed by atoms with Crippen LogP contribution in [0.25, 0.3) is 0 Å². The molecule has 0 bridgehead atoms. The number of rotatable bonds is 5. The molecule has 1 saturated heterocycles. The third kappa shape index (κ3) is 4.42. The average Bonchev–Trinajstić information content (AvgIpc) is 3.19. The van der Waals surface area contributed by atoms with E-state index in [0.29, 0.717) is 44.5 Å². The number of nitrogens with zero attached hydrogens (tertiary/aromatic N) is 5. The fourth-order valence-corrected chi connectivity index (χ4v) is 3.55. The molecule has 8 heteroatoms. The second-order valence-electron chi connectivity index (χ2n) is 7.09. The van der Waals surface area contributed by atoms with Gasteiger partial charge in [0.15, 0.2) is 0 Å². The summed E-state index contributed by atoms with van der Waals surface area (Å²) in [5.41, 5.74) is 1.77. The van der Waals surface area contributed by atoms with Gasteiger partial charge in [0.2, 0.25) is 11.8 Å². The first-order valence-corrected chi connectivity index (χ1v) is 9.58. The normalized spacial score (nSPS) is 15.4. The molecule has 1 fully saturated rings. The van der Waals surface area contributed by atoms with Crippen LogP contribution in [0.4, 0.5) is 10.4 Å². The quantitative estimate of drug-likeness (QED) is 0.661. The highest BCUT2D eigenvalue weighted by Crippen LogP contribution is 2.25. The van der Waals surface area contributed by atoms with Crippen LogP contribution in [0.1, 0.15) is 22.9 Å². The second kappa shape index (κ2) is 8.38. The molecule has 3 aromatic rings. The van der Waals surface area contributed by atoms with Crippen LogP contribution in [0.5, 0.6) is 0 Å². The summed E-state index contributed by atoms with van der Waals surface area (Å²) in [5.74, 6) is -0.157. The Labute approximate surface area is 168 Å². The molecule has 1 amide bonds. The zero-order chi connectivity index (χ0) is 20.2. The minimum absolute atomic E-state index is 0.0295. The van der Waals surface area contributed by atoms with Gasteiger partial charge in [-0.25, -0.2) is 4.39 Å². The van der Waals surface area contributed by atoms with Crippen LogP contribution in [-0.2, 0) is 11.2 Å². The highest BCUT2D eigenvalue weighted by Gasteiger charge is 2.30. The second-order valence-corrected chi connectivity index (χ2v) is 7.09. The van der Waals surface area contributed by atoms with Crippen LogP contribution in [0.15, 0.2) is 53.2 Å². The van der Waals surface area contributed by atoms with Crippen molar-refractivity contribution in [2.24, 2.45) is 0 Å². The van der Waals surface area contributed by atoms with E-state index in [0.717, 1.165) is 11.1 Å². The van der Waals surface area contributed by atoms with Gasteiger partial charge in [0.05, 0.1) is 5.92 Å². The first kappa shape index (κ1) is 19.0. The zero-order valence-corrected chi connectivity index (χ0v) is 16.2. The van der Waals surface area contributed by atoms with Gasteiger partial charge in [0, 0.05) is 45.5 Å². The van der Waals surface area contributed by atoms with Crippen LogP contribution in [0, 0.1) is 12.7 Å². The van der Waals surface area contributed by atoms with Gasteiger partial charge in [0.25, 0.3) is 0 Å². The summed E-state index contributed by atoms with van der Waals surface area (Å²) in [7, 11) is 0. The third-order valence-electron chi connectivity index (χ3n) is 5.11. The average molecular weight is 395 g/mol. The Morgan fingerprint density at radius 2 is 1.90 bits per heavy atom. The number of piperazine rings is 1. The summed E-state index contributed by atoms with van der Waals surface area (Å²) >= 11 is 0. The lowest BCUT2D eigenvalue weighted by atomic mass is 9.91. The maximum Gasteiger partial charge on any atom is 0.318 e. The summed E-state index contributed by atoms with van der Waals surface area (Å²) in [6, 6.07) is 10.5. The Kier molecular flexibility index (Phi) is 5.50. The molecule has 4 rings (SSSR count). The lowest BCUT2D eigenvalue weighted by Gasteiger charge is -2.35. The topological polar surface area (TPSA) is 75.4 Å². The molecule has 29 heavy (non-hydrogen) atoms. The van der Waals surface area contributed by atoms with Gasteiger partial charge >= 0.3 is 6.01 Å². The first-order chi connectivity index (χ1) is 14.1. The van der Waals surface area contributed by atoms with Crippen LogP contribution in [0.3, 0.4) is 0 Å². The van der Waals surface area contributed by atoms with Gasteiger partial charge < -0.3 is 14.2 Å². The monoisotopic (exact) mass is 395 g/mol. The van der Waals surface area contributed by atoms with E-state index in [2.05, 4.69) is 15.2 Å². The molecule has 1 unspecified atom stereocenters. The van der Waals surface area contributed by atoms with Gasteiger partial charge in [-0.3, -0.25) is 9.78 Å². The smallest absolute Gasteiger partial charge is 0.318 e. The van der Waals surface area contributed by atoms with E-state index in [-0.39, 0.29) is 11.7 Å². The van der Waals surface area contributed by atoms with Crippen molar-refractivity contribution < 1.29 is 13.6 Å². The molecule has 1 aromatic carbocycles. The molecule has 0 spiro atoms. The summed E-state index contributed by atoms with van der Waals surface area (Å²) < 4.78 is 18.9. The Balaban J connectivity index is 1.49. The van der Waals surface area contributed by atoms with Gasteiger partial charge in [-0.1, -0.05) is 23.3 Å². The molecule has 0 aliphatic carbocycles. The van der Waals surface area contributed by atoms with Crippen LogP contribution < -0.4 is 4.90 Å². The third-order valence-corrected chi connectivity index (χ3v) is 5.11. The Morgan fingerprint density at radius 1 is 1.14 bits per heavy atom. The summed E-state index contributed by atoms with van der Waals surface area (Å²) in [6.07, 6.45) is 3.98. The maximum atomic E-state index is 13.4. The van der Waals surface area contributed by atoms with Gasteiger partial charge in [0.1, 0.15) is 5.82 Å². The number of carbonyl (C=O) groups excluding carboxylic acids is 1. The molecule has 1 aliphatic rings. The van der Waals surface area contributed by atoms with Crippen molar-refractivity contribution in [1.82, 2.24) is 20.1 Å². The molecule has 0 saturated carbocycles. The number of pyridine rings is 1. The van der Waals surface area contributed by atoms with Crippen molar-refractivity contribution in [3.63, 3.8) is 0 Å². The summed E-state index contributed by atoms with van der Waals surface area (Å²) in [4.78, 5) is 21.4. The zero-order valence-electron chi connectivity index (χ0n) is 16.2. The number of halogens is 1. The Morgan fingerprint density at radius 3 is 2.52 bits per heavy atom. The van der Waals surface area contributed by atoms with E-state index in [4.69, 9.17) is 4.42 Å². The van der Waals surface area contributed by atoms with Gasteiger partial charge in [-0.05, 0) is 35.7 Å². The van der Waals surface area contributed by atoms with E-state index in [9.17, 15) is 9.18 Å². The van der Waals surface area contributed by atoms with Crippen LogP contribution in [-0.4, -0.2) is 52.2 Å². The number of aromatic nitrogens is 3. The van der Waals surface area contributed by atoms with Gasteiger partial charge in [-0.15, -0.1) is 5.10 Å². The fourth-order valence-electron chi connectivity index (χ4n) is 3.55. The van der Waals surface area contributed by atoms with E-state index in [1.54, 1.807) is 31.5 Å². The largest absolute Gasteiger partial charge is 0.408 e. The lowest BCUT2D eigenvalue weighted by Crippen LogP contribution is -2.50. The fraction of sp³-hybridized carbons (Fsp3) is 0.333. The predicted molar refractivity (Wildman–Crippen MR) is 105 cm³/mol. The molecule has 0 radical (unpaired) electrons. The number of hydrogen-bond donors (Lipinski definition) is 0. The van der Waals surface area contributed by atoms with E-state index in [1.807, 2.05) is 21.9 Å². The Bertz CT molecular complexity index is 953. The molecule has 2 aromatic heterocycles. The van der Waals surface area contributed by atoms with Crippen molar-refractivity contribution in [2.75, 3.05) is 31.1 Å². The molecule has 0 N–H and O–H groups in total. The molecular formula is C21H22FN5O2. The maximum absolute atomic E-state index is 13.4. The first-order valence-electron chi connectivity index (χ1n) is 9.58. The van der Waals surface area contributed by atoms with Gasteiger partial charge in [-0.2, -0.15) is 0 Å². The molecule has 1 aliphatic heterocycles. The number of benzene rings is 1. The lowest BCUT2D eigenvalue weighted by molar-refractivity contribution is -0.133. The molecule has 7 nitrogen and oxygen atoms in total.